The monoisotopic (exact) mass is 499 g/mol. The summed E-state index contributed by atoms with van der Waals surface area (Å²) < 4.78 is 9.33. The van der Waals surface area contributed by atoms with Gasteiger partial charge in [0.25, 0.3) is 11.8 Å². The zero-order chi connectivity index (χ0) is 24.9. The van der Waals surface area contributed by atoms with Crippen LogP contribution in [0.4, 0.5) is 5.69 Å². The molecule has 2 aliphatic carbocycles. The number of hydrogen-bond donors (Lipinski definition) is 3. The summed E-state index contributed by atoms with van der Waals surface area (Å²) in [4.78, 5) is 41.4. The Hall–Kier alpha value is -3.14. The third-order valence-corrected chi connectivity index (χ3v) is 7.87. The number of rotatable bonds is 8. The number of amides is 3. The highest BCUT2D eigenvalue weighted by atomic mass is 32.1. The van der Waals surface area contributed by atoms with E-state index in [2.05, 4.69) is 9.69 Å². The first kappa shape index (κ1) is 25.0. The Morgan fingerprint density at radius 1 is 1.06 bits per heavy atom. The van der Waals surface area contributed by atoms with E-state index >= 15 is 0 Å². The predicted molar refractivity (Wildman–Crippen MR) is 134 cm³/mol. The molecule has 1 aromatic heterocycles. The molecule has 2 fully saturated rings. The van der Waals surface area contributed by atoms with E-state index in [1.54, 1.807) is 24.1 Å². The fraction of sp³-hybridized carbons (Fsp3) is 0.520. The van der Waals surface area contributed by atoms with E-state index in [9.17, 15) is 14.4 Å². The summed E-state index contributed by atoms with van der Waals surface area (Å²) in [5.41, 5.74) is 12.1. The molecule has 1 atom stereocenters. The molecule has 35 heavy (non-hydrogen) atoms. The van der Waals surface area contributed by atoms with Gasteiger partial charge < -0.3 is 26.4 Å². The maximum absolute atomic E-state index is 14.0. The molecule has 0 aliphatic heterocycles. The molecule has 4 rings (SSSR count). The van der Waals surface area contributed by atoms with Gasteiger partial charge >= 0.3 is 0 Å². The molecule has 0 unspecified atom stereocenters. The Kier molecular flexibility index (Phi) is 7.90. The summed E-state index contributed by atoms with van der Waals surface area (Å²) in [5.74, 6) is -0.731. The topological polar surface area (TPSA) is 141 Å². The smallest absolute Gasteiger partial charge is 0.270 e. The van der Waals surface area contributed by atoms with Crippen molar-refractivity contribution in [2.75, 3.05) is 12.8 Å². The molecule has 0 bridgehead atoms. The van der Waals surface area contributed by atoms with Crippen LogP contribution in [0.1, 0.15) is 89.6 Å². The number of methoxy groups -OCH3 is 1. The molecule has 2 aliphatic rings. The second kappa shape index (κ2) is 11.1. The summed E-state index contributed by atoms with van der Waals surface area (Å²) in [6, 6.07) is 6.34. The van der Waals surface area contributed by atoms with Gasteiger partial charge in [-0.15, -0.1) is 0 Å². The summed E-state index contributed by atoms with van der Waals surface area (Å²) in [5, 5.41) is 3.19. The molecule has 5 N–H and O–H groups in total. The average Bonchev–Trinajstić information content (AvgIpc) is 3.52. The standard InChI is InChI=1S/C25H33N5O4S/c1-34-18-13-11-15(12-14-18)21(24(32)28-16-7-5-6-8-16)30(17-9-3-2-4-10-17)25(33)22-19(26)20(23(27)31)29-35-22/h11-14,16-17,21H,2-10,26H2,1H3,(H2,27,31)(H,28,32)/t21-/m0/s1. The highest BCUT2D eigenvalue weighted by Crippen LogP contribution is 2.35. The van der Waals surface area contributed by atoms with Crippen LogP contribution in [0, 0.1) is 0 Å². The molecule has 0 saturated heterocycles. The predicted octanol–water partition coefficient (Wildman–Crippen LogP) is 3.41. The molecule has 1 heterocycles. The summed E-state index contributed by atoms with van der Waals surface area (Å²) in [7, 11) is 1.58. The third-order valence-electron chi connectivity index (χ3n) is 7.02. The molecule has 0 spiro atoms. The van der Waals surface area contributed by atoms with E-state index < -0.39 is 17.9 Å². The van der Waals surface area contributed by atoms with Crippen LogP contribution in [0.5, 0.6) is 5.75 Å². The average molecular weight is 500 g/mol. The SMILES string of the molecule is COc1ccc([C@@H](C(=O)NC2CCCC2)N(C(=O)c2snc(C(N)=O)c2N)C2CCCCC2)cc1. The fourth-order valence-corrected chi connectivity index (χ4v) is 5.92. The molecule has 188 valence electrons. The van der Waals surface area contributed by atoms with Crippen LogP contribution < -0.4 is 21.5 Å². The van der Waals surface area contributed by atoms with Crippen molar-refractivity contribution in [2.24, 2.45) is 5.73 Å². The Morgan fingerprint density at radius 3 is 2.26 bits per heavy atom. The molecule has 1 aromatic carbocycles. The van der Waals surface area contributed by atoms with Crippen molar-refractivity contribution in [2.45, 2.75) is 75.9 Å². The van der Waals surface area contributed by atoms with Gasteiger partial charge in [0.2, 0.25) is 5.91 Å². The van der Waals surface area contributed by atoms with Crippen molar-refractivity contribution in [1.82, 2.24) is 14.6 Å². The van der Waals surface area contributed by atoms with Crippen LogP contribution in [0.3, 0.4) is 0 Å². The highest BCUT2D eigenvalue weighted by molar-refractivity contribution is 7.09. The summed E-state index contributed by atoms with van der Waals surface area (Å²) >= 11 is 0.849. The maximum Gasteiger partial charge on any atom is 0.270 e. The lowest BCUT2D eigenvalue weighted by atomic mass is 9.91. The lowest BCUT2D eigenvalue weighted by molar-refractivity contribution is -0.127. The minimum atomic E-state index is -0.851. The van der Waals surface area contributed by atoms with E-state index in [0.29, 0.717) is 11.3 Å². The molecule has 10 heteroatoms. The van der Waals surface area contributed by atoms with Crippen molar-refractivity contribution in [3.8, 4) is 5.75 Å². The first-order valence-corrected chi connectivity index (χ1v) is 13.0. The van der Waals surface area contributed by atoms with Gasteiger partial charge in [-0.05, 0) is 54.9 Å². The second-order valence-electron chi connectivity index (χ2n) is 9.31. The van der Waals surface area contributed by atoms with Gasteiger partial charge in [-0.25, -0.2) is 0 Å². The number of aromatic nitrogens is 1. The fourth-order valence-electron chi connectivity index (χ4n) is 5.17. The van der Waals surface area contributed by atoms with Crippen molar-refractivity contribution in [3.05, 3.63) is 40.4 Å². The first-order chi connectivity index (χ1) is 16.9. The number of nitrogens with two attached hydrogens (primary N) is 2. The van der Waals surface area contributed by atoms with Crippen molar-refractivity contribution < 1.29 is 19.1 Å². The summed E-state index contributed by atoms with van der Waals surface area (Å²) in [6.45, 7) is 0. The van der Waals surface area contributed by atoms with E-state index in [0.717, 1.165) is 69.3 Å². The Morgan fingerprint density at radius 2 is 1.69 bits per heavy atom. The highest BCUT2D eigenvalue weighted by Gasteiger charge is 2.40. The van der Waals surface area contributed by atoms with Gasteiger partial charge in [-0.3, -0.25) is 14.4 Å². The van der Waals surface area contributed by atoms with Crippen LogP contribution in [-0.4, -0.2) is 46.2 Å². The van der Waals surface area contributed by atoms with E-state index in [1.165, 1.54) is 0 Å². The number of anilines is 1. The van der Waals surface area contributed by atoms with Crippen molar-refractivity contribution in [1.29, 1.82) is 0 Å². The van der Waals surface area contributed by atoms with E-state index in [-0.39, 0.29) is 34.2 Å². The quantitative estimate of drug-likeness (QED) is 0.508. The number of hydrogen-bond acceptors (Lipinski definition) is 7. The number of carbonyl (C=O) groups is 3. The van der Waals surface area contributed by atoms with Crippen molar-refractivity contribution in [3.63, 3.8) is 0 Å². The molecule has 0 radical (unpaired) electrons. The number of benzene rings is 1. The van der Waals surface area contributed by atoms with Crippen LogP contribution in [0.2, 0.25) is 0 Å². The van der Waals surface area contributed by atoms with Gasteiger partial charge in [0.05, 0.1) is 12.8 Å². The number of primary amides is 1. The third kappa shape index (κ3) is 5.42. The lowest BCUT2D eigenvalue weighted by Crippen LogP contribution is -2.50. The molecule has 3 amide bonds. The molecular formula is C25H33N5O4S. The number of nitrogens with zero attached hydrogens (tertiary/aromatic N) is 2. The van der Waals surface area contributed by atoms with Crippen LogP contribution >= 0.6 is 11.5 Å². The van der Waals surface area contributed by atoms with Crippen LogP contribution in [0.15, 0.2) is 24.3 Å². The Balaban J connectivity index is 1.77. The maximum atomic E-state index is 14.0. The minimum Gasteiger partial charge on any atom is -0.497 e. The minimum absolute atomic E-state index is 0.0296. The number of carbonyl (C=O) groups excluding carboxylic acids is 3. The normalized spacial score (nSPS) is 17.6. The Labute approximate surface area is 209 Å². The first-order valence-electron chi connectivity index (χ1n) is 12.2. The van der Waals surface area contributed by atoms with Gasteiger partial charge in [-0.2, -0.15) is 4.37 Å². The van der Waals surface area contributed by atoms with Crippen LogP contribution in [0.25, 0.3) is 0 Å². The largest absolute Gasteiger partial charge is 0.497 e. The van der Waals surface area contributed by atoms with Gasteiger partial charge in [-0.1, -0.05) is 44.2 Å². The summed E-state index contributed by atoms with van der Waals surface area (Å²) in [6.07, 6.45) is 8.64. The lowest BCUT2D eigenvalue weighted by Gasteiger charge is -2.39. The second-order valence-corrected chi connectivity index (χ2v) is 10.1. The van der Waals surface area contributed by atoms with Crippen LogP contribution in [-0.2, 0) is 4.79 Å². The molecular weight excluding hydrogens is 466 g/mol. The van der Waals surface area contributed by atoms with Gasteiger partial charge in [0, 0.05) is 12.1 Å². The van der Waals surface area contributed by atoms with E-state index in [1.807, 2.05) is 12.1 Å². The Bertz CT molecular complexity index is 1060. The molecule has 2 saturated carbocycles. The zero-order valence-electron chi connectivity index (χ0n) is 20.0. The van der Waals surface area contributed by atoms with Gasteiger partial charge in [0.15, 0.2) is 5.69 Å². The van der Waals surface area contributed by atoms with Crippen molar-refractivity contribution >= 4 is 34.9 Å². The zero-order valence-corrected chi connectivity index (χ0v) is 20.8. The number of nitrogens with one attached hydrogen (secondary N) is 1. The van der Waals surface area contributed by atoms with E-state index in [4.69, 9.17) is 16.2 Å². The number of ether oxygens (including phenoxy) is 1. The van der Waals surface area contributed by atoms with Gasteiger partial charge in [0.1, 0.15) is 16.7 Å². The molecule has 9 nitrogen and oxygen atoms in total. The number of nitrogen functional groups attached to an aromatic ring is 1. The molecule has 2 aromatic rings.